The van der Waals surface area contributed by atoms with E-state index in [4.69, 9.17) is 29.7 Å². The molecule has 10 heteroatoms. The largest absolute Gasteiger partial charge is 2.00 e. The fourth-order valence-electron chi connectivity index (χ4n) is 10.6. The number of ether oxygens (including phenoxy) is 2. The zero-order chi connectivity index (χ0) is 46.4. The molecule has 0 amide bonds. The van der Waals surface area contributed by atoms with Crippen LogP contribution in [0.3, 0.4) is 0 Å². The minimum Gasteiger partial charge on any atom is -0.681 e. The number of aromatic nitrogens is 3. The Hall–Kier alpha value is -3.89. The molecule has 8 bridgehead atoms. The van der Waals surface area contributed by atoms with Crippen LogP contribution in [0.1, 0.15) is 171 Å². The molecule has 0 spiro atoms. The molecule has 3 aliphatic rings. The number of hydrogen-bond acceptors (Lipinski definition) is 5. The summed E-state index contributed by atoms with van der Waals surface area (Å²) in [6.45, 7) is 24.4. The summed E-state index contributed by atoms with van der Waals surface area (Å²) in [6.07, 6.45) is 21.8. The predicted octanol–water partition coefficient (Wildman–Crippen LogP) is 8.58. The van der Waals surface area contributed by atoms with Crippen LogP contribution in [0.25, 0.3) is 34.9 Å². The number of allylic oxidation sites excluding steroid dienone is 2. The Bertz CT molecular complexity index is 2480. The molecule has 350 valence electrons. The zero-order valence-electron chi connectivity index (χ0n) is 41.8. The average Bonchev–Trinajstić information content (AvgIpc) is 3.99. The van der Waals surface area contributed by atoms with E-state index in [1.807, 2.05) is 19.1 Å². The van der Waals surface area contributed by atoms with Crippen LogP contribution in [0.15, 0.2) is 17.3 Å². The first kappa shape index (κ1) is 52.1. The van der Waals surface area contributed by atoms with Crippen molar-refractivity contribution in [1.82, 2.24) is 15.0 Å². The Balaban J connectivity index is 0.00000793. The van der Waals surface area contributed by atoms with Gasteiger partial charge in [-0.25, -0.2) is 0 Å². The molecule has 3 aromatic heterocycles. The maximum atomic E-state index is 13.6. The first-order valence-corrected chi connectivity index (χ1v) is 24.5. The smallest absolute Gasteiger partial charge is 0.681 e. The van der Waals surface area contributed by atoms with Crippen LogP contribution in [-0.2, 0) is 31.9 Å². The molecule has 3 aromatic rings. The van der Waals surface area contributed by atoms with Crippen LogP contribution < -0.4 is 36.2 Å². The van der Waals surface area contributed by atoms with Gasteiger partial charge >= 0.3 is 35.0 Å². The van der Waals surface area contributed by atoms with E-state index in [2.05, 4.69) is 81.4 Å². The number of carbonyl (C=O) groups is 2. The molecule has 6 rings (SSSR count). The second-order valence-electron chi connectivity index (χ2n) is 19.8. The number of esters is 2. The van der Waals surface area contributed by atoms with E-state index in [9.17, 15) is 14.7 Å². The number of nitrogens with zero attached hydrogens (tertiary/aromatic N) is 4. The molecule has 6 atom stereocenters. The van der Waals surface area contributed by atoms with Crippen molar-refractivity contribution in [2.24, 2.45) is 35.5 Å². The van der Waals surface area contributed by atoms with Gasteiger partial charge in [0.2, 0.25) is 0 Å². The van der Waals surface area contributed by atoms with E-state index < -0.39 is 17.9 Å². The topological polar surface area (TPSA) is 129 Å². The predicted molar refractivity (Wildman–Crippen MR) is 265 cm³/mol. The van der Waals surface area contributed by atoms with Gasteiger partial charge in [0, 0.05) is 11.6 Å². The van der Waals surface area contributed by atoms with E-state index in [1.165, 1.54) is 63.2 Å². The quantitative estimate of drug-likeness (QED) is 0.0679. The number of rotatable bonds is 20. The van der Waals surface area contributed by atoms with Crippen LogP contribution in [-0.4, -0.2) is 59.9 Å². The number of aliphatic hydroxyl groups excluding tert-OH is 1. The maximum Gasteiger partial charge on any atom is 2.00 e. The van der Waals surface area contributed by atoms with Gasteiger partial charge in [0.25, 0.3) is 0 Å². The Labute approximate surface area is 405 Å². The molecular formula is C55H76MgN4O5-2. The summed E-state index contributed by atoms with van der Waals surface area (Å²) >= 11 is 0. The van der Waals surface area contributed by atoms with Crippen LogP contribution in [0.4, 0.5) is 0 Å². The third-order valence-electron chi connectivity index (χ3n) is 14.7. The Morgan fingerprint density at radius 3 is 2.06 bits per heavy atom. The Morgan fingerprint density at radius 1 is 0.785 bits per heavy atom. The van der Waals surface area contributed by atoms with Crippen molar-refractivity contribution < 1.29 is 24.2 Å². The fourth-order valence-corrected chi connectivity index (χ4v) is 10.6. The van der Waals surface area contributed by atoms with Crippen molar-refractivity contribution in [2.75, 3.05) is 13.7 Å². The first-order valence-electron chi connectivity index (χ1n) is 24.5. The van der Waals surface area contributed by atoms with Gasteiger partial charge in [-0.15, -0.1) is 33.1 Å². The van der Waals surface area contributed by atoms with Crippen LogP contribution in [0.5, 0.6) is 0 Å². The van der Waals surface area contributed by atoms with E-state index in [1.54, 1.807) is 0 Å². The van der Waals surface area contributed by atoms with E-state index in [0.29, 0.717) is 28.3 Å². The van der Waals surface area contributed by atoms with Crippen molar-refractivity contribution in [3.05, 3.63) is 88.8 Å². The molecule has 65 heavy (non-hydrogen) atoms. The summed E-state index contributed by atoms with van der Waals surface area (Å²) < 4.78 is 11.1. The summed E-state index contributed by atoms with van der Waals surface area (Å²) in [4.78, 5) is 42.6. The second kappa shape index (κ2) is 23.2. The number of methoxy groups -OCH3 is 1. The molecule has 5 heterocycles. The zero-order valence-corrected chi connectivity index (χ0v) is 43.2. The molecular weight excluding hydrogens is 821 g/mol. The molecule has 1 fully saturated rings. The van der Waals surface area contributed by atoms with Crippen molar-refractivity contribution in [1.29, 1.82) is 0 Å². The summed E-state index contributed by atoms with van der Waals surface area (Å²) in [5, 5.41) is 20.1. The molecule has 0 saturated carbocycles. The second-order valence-corrected chi connectivity index (χ2v) is 19.8. The van der Waals surface area contributed by atoms with Crippen LogP contribution >= 0.6 is 0 Å². The van der Waals surface area contributed by atoms with Gasteiger partial charge in [-0.1, -0.05) is 157 Å². The summed E-state index contributed by atoms with van der Waals surface area (Å²) in [6, 6.07) is -0.552. The average molecular weight is 898 g/mol. The normalized spacial score (nSPS) is 21.7. The third-order valence-corrected chi connectivity index (χ3v) is 14.7. The standard InChI is InChI=1S/C55H76N4O5.Mg/c1-13-39-35(8)42-28-44-37(10)41(24-25-48(60)64-27-26-34(7)23-17-22-33(6)21-16-20-32(5)19-15-18-31(3)4)52(58-44)50-51(55(62)63-12)54(61)49-38(11)45(59-53(49)50)30-47-40(14-2)36(9)43(57-47)29-46(39)56-42;/h26,28-33,37,41,51-52,61H,13-25,27H2,1-12H3;/q-4;+2/b34-26-,43-29-,44-28-,47-30-;/t32-,33-,37+,41+,51-,52?;/m1./s1. The summed E-state index contributed by atoms with van der Waals surface area (Å²) in [5.41, 5.74) is 10.4. The maximum absolute atomic E-state index is 13.6. The summed E-state index contributed by atoms with van der Waals surface area (Å²) in [5.74, 6) is 0.0977. The van der Waals surface area contributed by atoms with Crippen LogP contribution in [0, 0.1) is 56.3 Å². The van der Waals surface area contributed by atoms with Gasteiger partial charge < -0.3 is 34.8 Å². The molecule has 0 radical (unpaired) electrons. The van der Waals surface area contributed by atoms with Gasteiger partial charge in [0.15, 0.2) is 0 Å². The SMILES string of the molecule is CCc1c2[n-]c(c1C)/C=C1\[N-]C(C3=c4[n-]c(c(C)c4=C(O)[C@@H]3C(=O)OC)/C=c3\[n-]/c(c(C)c3CC)=C\2)[C@@H](CCC(=O)OC/C=C(/C)CCC[C@H](C)CCC[C@H](C)CCCC(C)C)[C@@H]1C.[Mg+2]. The first-order chi connectivity index (χ1) is 30.6. The molecule has 1 saturated heterocycles. The number of aliphatic hydroxyl groups is 1. The summed E-state index contributed by atoms with van der Waals surface area (Å²) in [7, 11) is 1.34. The molecule has 0 aromatic carbocycles. The minimum atomic E-state index is -1.06. The van der Waals surface area contributed by atoms with Gasteiger partial charge in [-0.05, 0) is 95.5 Å². The third kappa shape index (κ3) is 11.8. The number of fused-ring (bicyclic) bond motifs is 8. The van der Waals surface area contributed by atoms with E-state index >= 15 is 0 Å². The van der Waals surface area contributed by atoms with Crippen LogP contribution in [0.2, 0.25) is 0 Å². The van der Waals surface area contributed by atoms with E-state index in [-0.39, 0.29) is 59.6 Å². The van der Waals surface area contributed by atoms with Crippen molar-refractivity contribution >= 4 is 64.6 Å². The molecule has 9 nitrogen and oxygen atoms in total. The Morgan fingerprint density at radius 2 is 1.42 bits per heavy atom. The van der Waals surface area contributed by atoms with Gasteiger partial charge in [0.05, 0.1) is 7.11 Å². The Kier molecular flexibility index (Phi) is 18.6. The molecule has 1 aliphatic carbocycles. The molecule has 1 N–H and O–H groups in total. The minimum absolute atomic E-state index is 0. The number of hydrogen-bond donors (Lipinski definition) is 1. The monoisotopic (exact) mass is 897 g/mol. The molecule has 2 aliphatic heterocycles. The number of carbonyl (C=O) groups excluding carboxylic acids is 2. The molecule has 1 unspecified atom stereocenters. The van der Waals surface area contributed by atoms with Gasteiger partial charge in [-0.3, -0.25) is 9.59 Å². The van der Waals surface area contributed by atoms with Crippen molar-refractivity contribution in [3.63, 3.8) is 0 Å². The van der Waals surface area contributed by atoms with Crippen molar-refractivity contribution in [3.8, 4) is 0 Å². The fraction of sp³-hybridized carbons (Fsp3) is 0.600. The van der Waals surface area contributed by atoms with Gasteiger partial charge in [-0.2, -0.15) is 5.70 Å². The van der Waals surface area contributed by atoms with E-state index in [0.717, 1.165) is 93.5 Å². The van der Waals surface area contributed by atoms with Gasteiger partial charge in [0.1, 0.15) is 18.3 Å². The van der Waals surface area contributed by atoms with Crippen molar-refractivity contribution in [2.45, 2.75) is 166 Å².